The monoisotopic (exact) mass is 629 g/mol. The van der Waals surface area contributed by atoms with Gasteiger partial charge in [0.1, 0.15) is 18.7 Å². The zero-order valence-corrected chi connectivity index (χ0v) is 27.1. The van der Waals surface area contributed by atoms with Crippen LogP contribution >= 0.6 is 11.3 Å². The normalized spacial score (nSPS) is 20.0. The minimum atomic E-state index is -0.905. The second-order valence-corrected chi connectivity index (χ2v) is 13.6. The molecule has 0 aliphatic carbocycles. The average Bonchev–Trinajstić information content (AvgIpc) is 3.61. The maximum atomic E-state index is 13.8. The van der Waals surface area contributed by atoms with E-state index < -0.39 is 35.4 Å². The molecule has 2 aliphatic rings. The standard InChI is InChI=1S/C32H47N5O6S/c1-21-28(44-20-35-21)24-7-5-22(6-8-24)16-34-30(40)26-15-25(38)17-37(26)31(41)29(32(2,3)4)36-27(39)19-43-14-13-42-18-23-9-11-33-12-10-23/h5-8,20,23,25-26,29,33,38H,9-19H2,1-4H3,(H,34,40)(H,36,39)/t25-,26+,29?/m1/s1. The number of β-amino-alcohol motifs (C(OH)–C–C–N with tert-alkyl or cyclic N) is 1. The van der Waals surface area contributed by atoms with Crippen LogP contribution in [0.4, 0.5) is 0 Å². The summed E-state index contributed by atoms with van der Waals surface area (Å²) < 4.78 is 11.2. The smallest absolute Gasteiger partial charge is 0.246 e. The van der Waals surface area contributed by atoms with Crippen molar-refractivity contribution >= 4 is 29.1 Å². The summed E-state index contributed by atoms with van der Waals surface area (Å²) in [7, 11) is 0. The number of amides is 3. The number of hydrogen-bond donors (Lipinski definition) is 4. The Labute approximate surface area is 264 Å². The molecule has 4 rings (SSSR count). The number of aromatic nitrogens is 1. The third kappa shape index (κ3) is 9.55. The molecule has 0 spiro atoms. The lowest BCUT2D eigenvalue weighted by Gasteiger charge is -2.35. The Morgan fingerprint density at radius 2 is 1.84 bits per heavy atom. The fourth-order valence-electron chi connectivity index (χ4n) is 5.56. The highest BCUT2D eigenvalue weighted by Gasteiger charge is 2.44. The third-order valence-corrected chi connectivity index (χ3v) is 9.11. The molecule has 3 heterocycles. The number of aryl methyl sites for hydroxylation is 1. The van der Waals surface area contributed by atoms with Crippen LogP contribution in [0.3, 0.4) is 0 Å². The van der Waals surface area contributed by atoms with Crippen LogP contribution in [0.15, 0.2) is 29.8 Å². The third-order valence-electron chi connectivity index (χ3n) is 8.13. The molecular formula is C32H47N5O6S. The molecule has 1 aromatic heterocycles. The fourth-order valence-corrected chi connectivity index (χ4v) is 6.38. The van der Waals surface area contributed by atoms with E-state index in [1.165, 1.54) is 4.90 Å². The minimum absolute atomic E-state index is 0.0210. The summed E-state index contributed by atoms with van der Waals surface area (Å²) in [6.07, 6.45) is 1.50. The summed E-state index contributed by atoms with van der Waals surface area (Å²) >= 11 is 1.58. The minimum Gasteiger partial charge on any atom is -0.391 e. The number of aliphatic hydroxyl groups excluding tert-OH is 1. The number of piperidine rings is 1. The summed E-state index contributed by atoms with van der Waals surface area (Å²) in [4.78, 5) is 46.6. The highest BCUT2D eigenvalue weighted by molar-refractivity contribution is 7.13. The number of carbonyl (C=O) groups is 3. The lowest BCUT2D eigenvalue weighted by Crippen LogP contribution is -2.58. The number of thiazole rings is 1. The lowest BCUT2D eigenvalue weighted by atomic mass is 9.85. The molecule has 3 amide bonds. The topological polar surface area (TPSA) is 142 Å². The Kier molecular flexibility index (Phi) is 12.3. The van der Waals surface area contributed by atoms with Gasteiger partial charge in [0.25, 0.3) is 0 Å². The van der Waals surface area contributed by atoms with Gasteiger partial charge in [-0.25, -0.2) is 4.98 Å². The second-order valence-electron chi connectivity index (χ2n) is 12.8. The Bertz CT molecular complexity index is 1240. The van der Waals surface area contributed by atoms with Crippen molar-refractivity contribution in [2.75, 3.05) is 46.1 Å². The van der Waals surface area contributed by atoms with Gasteiger partial charge in [-0.15, -0.1) is 11.3 Å². The van der Waals surface area contributed by atoms with Crippen molar-refractivity contribution in [2.45, 2.75) is 71.7 Å². The van der Waals surface area contributed by atoms with Crippen molar-refractivity contribution in [3.8, 4) is 10.4 Å². The van der Waals surface area contributed by atoms with Gasteiger partial charge in [0.2, 0.25) is 17.7 Å². The van der Waals surface area contributed by atoms with Crippen LogP contribution in [0.2, 0.25) is 0 Å². The summed E-state index contributed by atoms with van der Waals surface area (Å²) in [6, 6.07) is 6.16. The second kappa shape index (κ2) is 15.9. The van der Waals surface area contributed by atoms with E-state index in [4.69, 9.17) is 9.47 Å². The number of nitrogens with zero attached hydrogens (tertiary/aromatic N) is 2. The molecule has 2 aliphatic heterocycles. The molecule has 11 nitrogen and oxygen atoms in total. The lowest BCUT2D eigenvalue weighted by molar-refractivity contribution is -0.144. The molecule has 3 atom stereocenters. The molecule has 242 valence electrons. The van der Waals surface area contributed by atoms with Gasteiger partial charge in [-0.2, -0.15) is 0 Å². The van der Waals surface area contributed by atoms with E-state index in [9.17, 15) is 19.5 Å². The number of rotatable bonds is 13. The number of carbonyl (C=O) groups excluding carboxylic acids is 3. The van der Waals surface area contributed by atoms with E-state index in [1.54, 1.807) is 11.3 Å². The maximum absolute atomic E-state index is 13.8. The van der Waals surface area contributed by atoms with E-state index in [0.717, 1.165) is 47.6 Å². The Hall–Kier alpha value is -2.90. The summed E-state index contributed by atoms with van der Waals surface area (Å²) in [5.74, 6) is -0.617. The van der Waals surface area contributed by atoms with E-state index in [2.05, 4.69) is 20.9 Å². The molecule has 0 radical (unpaired) electrons. The van der Waals surface area contributed by atoms with Gasteiger partial charge in [-0.1, -0.05) is 45.0 Å². The zero-order chi connectivity index (χ0) is 31.7. The number of benzene rings is 1. The van der Waals surface area contributed by atoms with Gasteiger partial charge in [-0.05, 0) is 55.3 Å². The van der Waals surface area contributed by atoms with Crippen LogP contribution < -0.4 is 16.0 Å². The van der Waals surface area contributed by atoms with E-state index >= 15 is 0 Å². The highest BCUT2D eigenvalue weighted by Crippen LogP contribution is 2.28. The number of nitrogens with one attached hydrogen (secondary N) is 3. The van der Waals surface area contributed by atoms with Crippen molar-refractivity contribution in [3.63, 3.8) is 0 Å². The molecule has 12 heteroatoms. The van der Waals surface area contributed by atoms with Crippen LogP contribution in [-0.2, 0) is 30.4 Å². The number of likely N-dealkylation sites (tertiary alicyclic amines) is 1. The summed E-state index contributed by atoms with van der Waals surface area (Å²) in [6.45, 7) is 11.0. The molecule has 0 bridgehead atoms. The SMILES string of the molecule is Cc1ncsc1-c1ccc(CNC(=O)[C@@H]2C[C@@H](O)CN2C(=O)C(NC(=O)COCCOCC2CCNCC2)C(C)(C)C)cc1. The summed E-state index contributed by atoms with van der Waals surface area (Å²) in [5.41, 5.74) is 4.14. The van der Waals surface area contributed by atoms with E-state index in [-0.39, 0.29) is 38.6 Å². The zero-order valence-electron chi connectivity index (χ0n) is 26.3. The van der Waals surface area contributed by atoms with E-state index in [0.29, 0.717) is 19.1 Å². The van der Waals surface area contributed by atoms with Gasteiger partial charge in [0.05, 0.1) is 35.4 Å². The van der Waals surface area contributed by atoms with Crippen molar-refractivity contribution in [2.24, 2.45) is 11.3 Å². The van der Waals surface area contributed by atoms with Gasteiger partial charge < -0.3 is 35.4 Å². The molecular weight excluding hydrogens is 582 g/mol. The van der Waals surface area contributed by atoms with Crippen LogP contribution in [-0.4, -0.2) is 97.0 Å². The molecule has 2 aromatic rings. The first-order valence-corrected chi connectivity index (χ1v) is 16.3. The van der Waals surface area contributed by atoms with Crippen LogP contribution in [0, 0.1) is 18.3 Å². The number of hydrogen-bond acceptors (Lipinski definition) is 9. The van der Waals surface area contributed by atoms with E-state index in [1.807, 2.05) is 57.5 Å². The Balaban J connectivity index is 1.27. The van der Waals surface area contributed by atoms with Crippen LogP contribution in [0.5, 0.6) is 0 Å². The fraction of sp³-hybridized carbons (Fsp3) is 0.625. The molecule has 0 saturated carbocycles. The number of ether oxygens (including phenoxy) is 2. The van der Waals surface area contributed by atoms with Crippen LogP contribution in [0.1, 0.15) is 51.3 Å². The van der Waals surface area contributed by atoms with Gasteiger partial charge in [0, 0.05) is 26.1 Å². The molecule has 4 N–H and O–H groups in total. The quantitative estimate of drug-likeness (QED) is 0.247. The first kappa shape index (κ1) is 34.0. The van der Waals surface area contributed by atoms with Crippen molar-refractivity contribution < 1.29 is 29.0 Å². The van der Waals surface area contributed by atoms with Crippen molar-refractivity contribution in [1.82, 2.24) is 25.8 Å². The van der Waals surface area contributed by atoms with Crippen LogP contribution in [0.25, 0.3) is 10.4 Å². The maximum Gasteiger partial charge on any atom is 0.246 e. The average molecular weight is 630 g/mol. The molecule has 1 aromatic carbocycles. The predicted octanol–water partition coefficient (Wildman–Crippen LogP) is 2.26. The Morgan fingerprint density at radius 3 is 2.50 bits per heavy atom. The predicted molar refractivity (Wildman–Crippen MR) is 169 cm³/mol. The van der Waals surface area contributed by atoms with Gasteiger partial charge >= 0.3 is 0 Å². The first-order chi connectivity index (χ1) is 21.0. The molecule has 2 saturated heterocycles. The van der Waals surface area contributed by atoms with Gasteiger partial charge in [-0.3, -0.25) is 14.4 Å². The highest BCUT2D eigenvalue weighted by atomic mass is 32.1. The molecule has 1 unspecified atom stereocenters. The molecule has 2 fully saturated rings. The largest absolute Gasteiger partial charge is 0.391 e. The molecule has 44 heavy (non-hydrogen) atoms. The summed E-state index contributed by atoms with van der Waals surface area (Å²) in [5, 5.41) is 19.5. The Morgan fingerprint density at radius 1 is 1.14 bits per heavy atom. The first-order valence-electron chi connectivity index (χ1n) is 15.4. The van der Waals surface area contributed by atoms with Gasteiger partial charge in [0.15, 0.2) is 0 Å². The van der Waals surface area contributed by atoms with Crippen molar-refractivity contribution in [1.29, 1.82) is 0 Å². The number of aliphatic hydroxyl groups is 1. The van der Waals surface area contributed by atoms with Crippen molar-refractivity contribution in [3.05, 3.63) is 41.0 Å².